The predicted octanol–water partition coefficient (Wildman–Crippen LogP) is 3.44. The van der Waals surface area contributed by atoms with E-state index in [0.717, 1.165) is 5.69 Å². The van der Waals surface area contributed by atoms with Crippen molar-refractivity contribution in [2.75, 3.05) is 30.5 Å². The number of hydrogen-bond acceptors (Lipinski definition) is 6. The molecule has 0 saturated carbocycles. The Morgan fingerprint density at radius 3 is 2.35 bits per heavy atom. The molecule has 31 heavy (non-hydrogen) atoms. The van der Waals surface area contributed by atoms with E-state index in [0.29, 0.717) is 35.8 Å². The molecule has 1 amide bonds. The van der Waals surface area contributed by atoms with E-state index in [9.17, 15) is 13.2 Å². The number of hydrazone groups is 1. The quantitative estimate of drug-likeness (QED) is 0.633. The van der Waals surface area contributed by atoms with Gasteiger partial charge in [-0.25, -0.2) is 8.42 Å². The molecule has 0 saturated heterocycles. The second-order valence-electron chi connectivity index (χ2n) is 6.79. The van der Waals surface area contributed by atoms with Crippen LogP contribution in [0.5, 0.6) is 5.75 Å². The van der Waals surface area contributed by atoms with Gasteiger partial charge >= 0.3 is 0 Å². The van der Waals surface area contributed by atoms with Gasteiger partial charge in [-0.1, -0.05) is 26.0 Å². The van der Waals surface area contributed by atoms with Crippen LogP contribution >= 0.6 is 0 Å². The molecule has 0 aliphatic carbocycles. The molecular formula is C22H26N4O4S. The molecule has 0 bridgehead atoms. The Kier molecular flexibility index (Phi) is 6.77. The topological polar surface area (TPSA) is 91.3 Å². The number of carbonyl (C=O) groups excluding carboxylic acids is 1. The number of para-hydroxylation sites is 2. The molecule has 1 heterocycles. The first-order chi connectivity index (χ1) is 14.8. The van der Waals surface area contributed by atoms with Crippen LogP contribution in [-0.2, 0) is 14.8 Å². The molecule has 0 radical (unpaired) electrons. The Balaban J connectivity index is 1.82. The zero-order valence-corrected chi connectivity index (χ0v) is 18.8. The number of anilines is 2. The third kappa shape index (κ3) is 4.47. The van der Waals surface area contributed by atoms with Gasteiger partial charge in [0.15, 0.2) is 0 Å². The molecule has 2 aromatic carbocycles. The van der Waals surface area contributed by atoms with E-state index in [-0.39, 0.29) is 10.8 Å². The van der Waals surface area contributed by atoms with Crippen molar-refractivity contribution in [1.82, 2.24) is 4.31 Å². The highest BCUT2D eigenvalue weighted by Crippen LogP contribution is 2.27. The Bertz CT molecular complexity index is 1120. The van der Waals surface area contributed by atoms with E-state index in [1.165, 1.54) is 21.4 Å². The van der Waals surface area contributed by atoms with E-state index < -0.39 is 10.0 Å². The predicted molar refractivity (Wildman–Crippen MR) is 122 cm³/mol. The molecule has 8 nitrogen and oxygen atoms in total. The molecule has 164 valence electrons. The Labute approximate surface area is 182 Å². The summed E-state index contributed by atoms with van der Waals surface area (Å²) in [5.74, 6) is 0.348. The second kappa shape index (κ2) is 9.32. The fourth-order valence-electron chi connectivity index (χ4n) is 3.25. The van der Waals surface area contributed by atoms with Crippen molar-refractivity contribution < 1.29 is 17.9 Å². The fourth-order valence-corrected chi connectivity index (χ4v) is 4.70. The third-order valence-corrected chi connectivity index (χ3v) is 7.03. The van der Waals surface area contributed by atoms with Crippen molar-refractivity contribution in [3.05, 3.63) is 60.3 Å². The first-order valence-electron chi connectivity index (χ1n) is 9.93. The van der Waals surface area contributed by atoms with Crippen molar-refractivity contribution in [2.45, 2.75) is 25.7 Å². The lowest BCUT2D eigenvalue weighted by Gasteiger charge is -2.19. The lowest BCUT2D eigenvalue weighted by molar-refractivity contribution is -0.114. The number of rotatable bonds is 8. The van der Waals surface area contributed by atoms with Gasteiger partial charge in [0, 0.05) is 19.3 Å². The van der Waals surface area contributed by atoms with Gasteiger partial charge in [0.05, 0.1) is 34.7 Å². The van der Waals surface area contributed by atoms with Gasteiger partial charge in [-0.3, -0.25) is 4.79 Å². The van der Waals surface area contributed by atoms with Crippen LogP contribution < -0.4 is 15.1 Å². The summed E-state index contributed by atoms with van der Waals surface area (Å²) in [6, 6.07) is 13.5. The summed E-state index contributed by atoms with van der Waals surface area (Å²) < 4.78 is 32.0. The second-order valence-corrected chi connectivity index (χ2v) is 8.73. The maximum absolute atomic E-state index is 12.9. The smallest absolute Gasteiger partial charge is 0.282 e. The number of ether oxygens (including phenoxy) is 1. The summed E-state index contributed by atoms with van der Waals surface area (Å²) in [5, 5.41) is 8.69. The van der Waals surface area contributed by atoms with Crippen molar-refractivity contribution in [1.29, 1.82) is 0 Å². The summed E-state index contributed by atoms with van der Waals surface area (Å²) in [7, 11) is -1.99. The highest BCUT2D eigenvalue weighted by molar-refractivity contribution is 7.89. The molecule has 1 aliphatic heterocycles. The summed E-state index contributed by atoms with van der Waals surface area (Å²) >= 11 is 0. The standard InChI is InChI=1S/C22H26N4O4S/c1-5-25(6-2)31(28,29)18-13-11-17(12-14-18)26-22(27)19(16(3)24-26)15-23-20-9-7-8-10-21(20)30-4/h7-15,23H,5-6H2,1-4H3. The SMILES string of the molecule is CCN(CC)S(=O)(=O)c1ccc(N2N=C(C)C(=CNc3ccccc3OC)C2=O)cc1. The molecule has 0 atom stereocenters. The molecule has 2 aromatic rings. The molecule has 3 rings (SSSR count). The van der Waals surface area contributed by atoms with Crippen molar-refractivity contribution in [2.24, 2.45) is 5.10 Å². The number of nitrogens with zero attached hydrogens (tertiary/aromatic N) is 3. The Morgan fingerprint density at radius 2 is 1.74 bits per heavy atom. The summed E-state index contributed by atoms with van der Waals surface area (Å²) in [6.45, 7) is 6.11. The third-order valence-electron chi connectivity index (χ3n) is 4.97. The van der Waals surface area contributed by atoms with Crippen molar-refractivity contribution in [3.8, 4) is 5.75 Å². The van der Waals surface area contributed by atoms with Crippen LogP contribution in [-0.4, -0.2) is 44.5 Å². The zero-order chi connectivity index (χ0) is 22.6. The maximum atomic E-state index is 12.9. The number of carbonyl (C=O) groups is 1. The minimum atomic E-state index is -3.56. The number of sulfonamides is 1. The summed E-state index contributed by atoms with van der Waals surface area (Å²) in [4.78, 5) is 13.1. The molecule has 0 aromatic heterocycles. The van der Waals surface area contributed by atoms with Crippen LogP contribution in [0.4, 0.5) is 11.4 Å². The lowest BCUT2D eigenvalue weighted by atomic mass is 10.2. The highest BCUT2D eigenvalue weighted by Gasteiger charge is 2.29. The first kappa shape index (κ1) is 22.5. The van der Waals surface area contributed by atoms with Crippen LogP contribution in [0.25, 0.3) is 0 Å². The number of nitrogens with one attached hydrogen (secondary N) is 1. The molecule has 0 unspecified atom stereocenters. The molecule has 1 aliphatic rings. The minimum absolute atomic E-state index is 0.181. The highest BCUT2D eigenvalue weighted by atomic mass is 32.2. The summed E-state index contributed by atoms with van der Waals surface area (Å²) in [5.41, 5.74) is 2.17. The van der Waals surface area contributed by atoms with Gasteiger partial charge in [-0.2, -0.15) is 14.4 Å². The minimum Gasteiger partial charge on any atom is -0.495 e. The van der Waals surface area contributed by atoms with Crippen LogP contribution in [0.15, 0.2) is 70.3 Å². The van der Waals surface area contributed by atoms with Gasteiger partial charge in [0.25, 0.3) is 5.91 Å². The number of methoxy groups -OCH3 is 1. The average Bonchev–Trinajstić information content (AvgIpc) is 3.06. The maximum Gasteiger partial charge on any atom is 0.282 e. The van der Waals surface area contributed by atoms with Crippen molar-refractivity contribution >= 4 is 33.0 Å². The van der Waals surface area contributed by atoms with E-state index in [4.69, 9.17) is 4.74 Å². The zero-order valence-electron chi connectivity index (χ0n) is 18.0. The summed E-state index contributed by atoms with van der Waals surface area (Å²) in [6.07, 6.45) is 1.60. The van der Waals surface area contributed by atoms with Crippen LogP contribution in [0, 0.1) is 0 Å². The Hall–Kier alpha value is -3.17. The van der Waals surface area contributed by atoms with Crippen LogP contribution in [0.3, 0.4) is 0 Å². The molecule has 1 N–H and O–H groups in total. The van der Waals surface area contributed by atoms with Crippen LogP contribution in [0.2, 0.25) is 0 Å². The monoisotopic (exact) mass is 442 g/mol. The van der Waals surface area contributed by atoms with E-state index in [2.05, 4.69) is 10.4 Å². The molecule has 9 heteroatoms. The van der Waals surface area contributed by atoms with Gasteiger partial charge in [0.2, 0.25) is 10.0 Å². The molecular weight excluding hydrogens is 416 g/mol. The number of amides is 1. The van der Waals surface area contributed by atoms with Crippen molar-refractivity contribution in [3.63, 3.8) is 0 Å². The molecule has 0 fully saturated rings. The average molecular weight is 443 g/mol. The van der Waals surface area contributed by atoms with Gasteiger partial charge < -0.3 is 10.1 Å². The van der Waals surface area contributed by atoms with E-state index >= 15 is 0 Å². The fraction of sp³-hybridized carbons (Fsp3) is 0.273. The number of benzene rings is 2. The lowest BCUT2D eigenvalue weighted by Crippen LogP contribution is -2.30. The van der Waals surface area contributed by atoms with Gasteiger partial charge in [-0.05, 0) is 43.3 Å². The first-order valence-corrected chi connectivity index (χ1v) is 11.4. The largest absolute Gasteiger partial charge is 0.495 e. The van der Waals surface area contributed by atoms with Gasteiger partial charge in [0.1, 0.15) is 5.75 Å². The number of hydrogen-bond donors (Lipinski definition) is 1. The Morgan fingerprint density at radius 1 is 1.10 bits per heavy atom. The van der Waals surface area contributed by atoms with E-state index in [1.807, 2.05) is 24.3 Å². The van der Waals surface area contributed by atoms with Gasteiger partial charge in [-0.15, -0.1) is 0 Å². The normalized spacial score (nSPS) is 15.5. The molecule has 0 spiro atoms. The van der Waals surface area contributed by atoms with E-state index in [1.54, 1.807) is 46.2 Å². The van der Waals surface area contributed by atoms with Crippen LogP contribution in [0.1, 0.15) is 20.8 Å².